The maximum absolute atomic E-state index is 15.3. The zero-order valence-corrected chi connectivity index (χ0v) is 22.9. The van der Waals surface area contributed by atoms with Gasteiger partial charge in [-0.1, -0.05) is 82.7 Å². The number of hydrogen-bond donors (Lipinski definition) is 1. The van der Waals surface area contributed by atoms with Crippen LogP contribution in [0.25, 0.3) is 21.7 Å². The van der Waals surface area contributed by atoms with Crippen molar-refractivity contribution in [2.45, 2.75) is 29.4 Å². The number of carbonyl (C=O) groups is 1. The zero-order chi connectivity index (χ0) is 26.3. The summed E-state index contributed by atoms with van der Waals surface area (Å²) in [5, 5.41) is 16.6. The molecule has 2 bridgehead atoms. The molecule has 1 aromatic heterocycles. The van der Waals surface area contributed by atoms with Crippen LogP contribution in [0.2, 0.25) is 0 Å². The van der Waals surface area contributed by atoms with Crippen LogP contribution < -0.4 is 0 Å². The zero-order valence-electron chi connectivity index (χ0n) is 21.4. The standard InChI is InChI=1S/C34H25BrN2O2/c1-37-18-27(19-12-14-22(35)15-13-19)32-17-26(30-23(31(32)38)16-21-6-2-3-11-28(21)36-30)33(39)24-9-4-7-20-8-5-10-25(29(20)24)34(32,33)37/h2-16,26-27,39H,17-18H2,1H3/t26-,27+,32-,33-,34+/m0/s1. The smallest absolute Gasteiger partial charge is 0.173 e. The summed E-state index contributed by atoms with van der Waals surface area (Å²) < 4.78 is 1.01. The summed E-state index contributed by atoms with van der Waals surface area (Å²) in [7, 11) is 2.11. The molecule has 5 aromatic rings. The van der Waals surface area contributed by atoms with Crippen LogP contribution in [0, 0.1) is 5.41 Å². The molecule has 4 nitrogen and oxygen atoms in total. The van der Waals surface area contributed by atoms with E-state index in [1.54, 1.807) is 0 Å². The van der Waals surface area contributed by atoms with E-state index < -0.39 is 16.6 Å². The molecule has 5 heteroatoms. The fraction of sp³-hybridized carbons (Fsp3) is 0.235. The maximum atomic E-state index is 15.3. The van der Waals surface area contributed by atoms with E-state index in [0.29, 0.717) is 18.5 Å². The molecule has 4 aliphatic rings. The highest BCUT2D eigenvalue weighted by atomic mass is 79.9. The lowest BCUT2D eigenvalue weighted by atomic mass is 9.57. The van der Waals surface area contributed by atoms with Gasteiger partial charge in [-0.3, -0.25) is 14.7 Å². The first-order valence-corrected chi connectivity index (χ1v) is 14.4. The summed E-state index contributed by atoms with van der Waals surface area (Å²) in [6.45, 7) is 0.684. The minimum absolute atomic E-state index is 0.0798. The first kappa shape index (κ1) is 22.4. The highest BCUT2D eigenvalue weighted by Crippen LogP contribution is 2.81. The molecule has 0 amide bonds. The van der Waals surface area contributed by atoms with Gasteiger partial charge in [0.2, 0.25) is 0 Å². The number of carbonyl (C=O) groups excluding carboxylic acids is 1. The number of aliphatic hydroxyl groups is 1. The van der Waals surface area contributed by atoms with Gasteiger partial charge in [-0.2, -0.15) is 0 Å². The molecule has 1 aliphatic heterocycles. The molecule has 2 heterocycles. The van der Waals surface area contributed by atoms with Crippen LogP contribution in [0.15, 0.2) is 95.5 Å². The summed E-state index contributed by atoms with van der Waals surface area (Å²) in [4.78, 5) is 22.7. The minimum atomic E-state index is -1.30. The second-order valence-corrected chi connectivity index (χ2v) is 12.8. The molecule has 0 radical (unpaired) electrons. The molecule has 1 saturated carbocycles. The average molecular weight is 573 g/mol. The number of ketones is 1. The Morgan fingerprint density at radius 3 is 2.41 bits per heavy atom. The molecular weight excluding hydrogens is 548 g/mol. The first-order valence-electron chi connectivity index (χ1n) is 13.6. The fourth-order valence-electron chi connectivity index (χ4n) is 9.41. The van der Waals surface area contributed by atoms with E-state index in [-0.39, 0.29) is 17.6 Å². The highest BCUT2D eigenvalue weighted by Gasteiger charge is 2.85. The third kappa shape index (κ3) is 2.23. The number of fused-ring (bicyclic) bond motifs is 6. The lowest BCUT2D eigenvalue weighted by molar-refractivity contribution is -0.104. The van der Waals surface area contributed by atoms with Gasteiger partial charge in [-0.05, 0) is 65.2 Å². The molecule has 190 valence electrons. The number of para-hydroxylation sites is 1. The number of likely N-dealkylation sites (tertiary alicyclic amines) is 1. The van der Waals surface area contributed by atoms with Gasteiger partial charge in [0.1, 0.15) is 5.60 Å². The van der Waals surface area contributed by atoms with Crippen LogP contribution in [0.3, 0.4) is 0 Å². The van der Waals surface area contributed by atoms with Crippen molar-refractivity contribution in [2.75, 3.05) is 13.6 Å². The van der Waals surface area contributed by atoms with E-state index in [1.165, 1.54) is 0 Å². The predicted octanol–water partition coefficient (Wildman–Crippen LogP) is 6.65. The molecular formula is C34H25BrN2O2. The molecule has 39 heavy (non-hydrogen) atoms. The van der Waals surface area contributed by atoms with Crippen molar-refractivity contribution in [2.24, 2.45) is 5.41 Å². The number of hydrogen-bond acceptors (Lipinski definition) is 4. The van der Waals surface area contributed by atoms with Crippen molar-refractivity contribution in [3.05, 3.63) is 123 Å². The maximum Gasteiger partial charge on any atom is 0.173 e. The van der Waals surface area contributed by atoms with Crippen molar-refractivity contribution in [1.29, 1.82) is 0 Å². The molecule has 2 fully saturated rings. The second-order valence-electron chi connectivity index (χ2n) is 11.8. The summed E-state index contributed by atoms with van der Waals surface area (Å²) in [6, 6.07) is 31.1. The molecule has 0 unspecified atom stereocenters. The van der Waals surface area contributed by atoms with E-state index in [1.807, 2.05) is 36.4 Å². The van der Waals surface area contributed by atoms with Gasteiger partial charge in [0, 0.05) is 33.8 Å². The van der Waals surface area contributed by atoms with Gasteiger partial charge in [0.25, 0.3) is 0 Å². The number of pyridine rings is 1. The Bertz CT molecular complexity index is 1910. The Morgan fingerprint density at radius 1 is 0.897 bits per heavy atom. The monoisotopic (exact) mass is 572 g/mol. The average Bonchev–Trinajstić information content (AvgIpc) is 3.45. The second kappa shape index (κ2) is 7.03. The first-order chi connectivity index (χ1) is 18.9. The largest absolute Gasteiger partial charge is 0.382 e. The Morgan fingerprint density at radius 2 is 1.62 bits per heavy atom. The Kier molecular flexibility index (Phi) is 4.04. The number of halogens is 1. The SMILES string of the molecule is CN1C[C@H](c2ccc(Br)cc2)[C@@]23C[C@@H](c4nc5ccccc5cc4C2=O)[C@@]2(O)c4cccc5cccc(c45)[C@@]132. The molecule has 4 aromatic carbocycles. The van der Waals surface area contributed by atoms with Gasteiger partial charge < -0.3 is 5.11 Å². The Labute approximate surface area is 234 Å². The van der Waals surface area contributed by atoms with E-state index in [2.05, 4.69) is 82.5 Å². The van der Waals surface area contributed by atoms with Crippen LogP contribution in [0.4, 0.5) is 0 Å². The van der Waals surface area contributed by atoms with Crippen LogP contribution in [-0.2, 0) is 11.1 Å². The van der Waals surface area contributed by atoms with E-state index in [0.717, 1.165) is 48.5 Å². The summed E-state index contributed by atoms with van der Waals surface area (Å²) in [5.74, 6) is -0.276. The number of likely N-dealkylation sites (N-methyl/N-ethyl adjacent to an activating group) is 1. The third-order valence-electron chi connectivity index (χ3n) is 10.6. The topological polar surface area (TPSA) is 53.4 Å². The van der Waals surface area contributed by atoms with E-state index in [4.69, 9.17) is 4.98 Å². The lowest BCUT2D eigenvalue weighted by Gasteiger charge is -2.48. The molecule has 1 N–H and O–H groups in total. The summed E-state index contributed by atoms with van der Waals surface area (Å²) >= 11 is 3.60. The van der Waals surface area contributed by atoms with Gasteiger partial charge in [-0.25, -0.2) is 0 Å². The highest BCUT2D eigenvalue weighted by molar-refractivity contribution is 9.10. The number of benzene rings is 4. The van der Waals surface area contributed by atoms with E-state index in [9.17, 15) is 5.11 Å². The number of nitrogens with zero attached hydrogens (tertiary/aromatic N) is 2. The van der Waals surface area contributed by atoms with Crippen LogP contribution in [0.1, 0.15) is 51.0 Å². The Hall–Kier alpha value is -3.38. The molecule has 5 atom stereocenters. The van der Waals surface area contributed by atoms with Crippen molar-refractivity contribution < 1.29 is 9.90 Å². The van der Waals surface area contributed by atoms with Crippen LogP contribution >= 0.6 is 15.9 Å². The van der Waals surface area contributed by atoms with Crippen molar-refractivity contribution in [3.8, 4) is 0 Å². The van der Waals surface area contributed by atoms with Gasteiger partial charge >= 0.3 is 0 Å². The summed E-state index contributed by atoms with van der Waals surface area (Å²) in [6.07, 6.45) is 0.566. The number of Topliss-reactive ketones (excluding diaryl/α,β-unsaturated/α-hetero) is 1. The van der Waals surface area contributed by atoms with Crippen molar-refractivity contribution in [1.82, 2.24) is 9.88 Å². The Balaban J connectivity index is 1.45. The lowest BCUT2D eigenvalue weighted by Crippen LogP contribution is -2.58. The minimum Gasteiger partial charge on any atom is -0.382 e. The third-order valence-corrected chi connectivity index (χ3v) is 11.1. The van der Waals surface area contributed by atoms with Crippen molar-refractivity contribution >= 4 is 43.4 Å². The quantitative estimate of drug-likeness (QED) is 0.244. The molecule has 2 spiro atoms. The summed E-state index contributed by atoms with van der Waals surface area (Å²) in [5.41, 5.74) is 2.37. The predicted molar refractivity (Wildman–Crippen MR) is 155 cm³/mol. The molecule has 3 aliphatic carbocycles. The van der Waals surface area contributed by atoms with Gasteiger partial charge in [0.15, 0.2) is 5.78 Å². The number of aromatic nitrogens is 1. The molecule has 9 rings (SSSR count). The fourth-order valence-corrected chi connectivity index (χ4v) is 9.67. The molecule has 1 saturated heterocycles. The van der Waals surface area contributed by atoms with Crippen LogP contribution in [-0.4, -0.2) is 34.4 Å². The normalized spacial score (nSPS) is 32.0. The number of rotatable bonds is 1. The van der Waals surface area contributed by atoms with Crippen LogP contribution in [0.5, 0.6) is 0 Å². The van der Waals surface area contributed by atoms with Gasteiger partial charge in [-0.15, -0.1) is 0 Å². The van der Waals surface area contributed by atoms with Crippen molar-refractivity contribution in [3.63, 3.8) is 0 Å². The van der Waals surface area contributed by atoms with Gasteiger partial charge in [0.05, 0.1) is 22.2 Å². The van der Waals surface area contributed by atoms with E-state index >= 15 is 4.79 Å².